The van der Waals surface area contributed by atoms with Gasteiger partial charge in [-0.05, 0) is 25.2 Å². The van der Waals surface area contributed by atoms with E-state index in [-0.39, 0.29) is 0 Å². The molecule has 4 heteroatoms. The Morgan fingerprint density at radius 2 is 1.59 bits per heavy atom. The smallest absolute Gasteiger partial charge is 0.237 e. The third-order valence-corrected chi connectivity index (χ3v) is 2.76. The second-order valence-electron chi connectivity index (χ2n) is 6.08. The highest BCUT2D eigenvalue weighted by Gasteiger charge is 2.26. The van der Waals surface area contributed by atoms with Crippen molar-refractivity contribution in [3.05, 3.63) is 0 Å². The highest BCUT2D eigenvalue weighted by molar-refractivity contribution is 5.83. The number of rotatable bonds is 8. The Morgan fingerprint density at radius 1 is 1.18 bits per heavy atom. The van der Waals surface area contributed by atoms with Crippen LogP contribution in [0.25, 0.3) is 0 Å². The van der Waals surface area contributed by atoms with E-state index in [0.717, 1.165) is 19.6 Å². The van der Waals surface area contributed by atoms with Gasteiger partial charge in [-0.2, -0.15) is 0 Å². The Balaban J connectivity index is 4.29. The normalized spacial score (nSPS) is 15.6. The highest BCUT2D eigenvalue weighted by Crippen LogP contribution is 2.10. The van der Waals surface area contributed by atoms with E-state index < -0.39 is 11.4 Å². The van der Waals surface area contributed by atoms with Crippen LogP contribution in [0, 0.1) is 11.8 Å². The molecular weight excluding hydrogens is 214 g/mol. The third-order valence-electron chi connectivity index (χ3n) is 2.76. The van der Waals surface area contributed by atoms with Gasteiger partial charge in [0.1, 0.15) is 0 Å². The fourth-order valence-electron chi connectivity index (χ4n) is 1.80. The van der Waals surface area contributed by atoms with Crippen LogP contribution in [0.15, 0.2) is 0 Å². The average molecular weight is 243 g/mol. The molecule has 0 aromatic heterocycles. The van der Waals surface area contributed by atoms with Gasteiger partial charge in [0, 0.05) is 19.6 Å². The van der Waals surface area contributed by atoms with Crippen molar-refractivity contribution in [2.45, 2.75) is 46.6 Å². The van der Waals surface area contributed by atoms with Gasteiger partial charge in [-0.1, -0.05) is 27.7 Å². The lowest BCUT2D eigenvalue weighted by Crippen LogP contribution is -2.51. The lowest BCUT2D eigenvalue weighted by molar-refractivity contribution is -0.122. The highest BCUT2D eigenvalue weighted by atomic mass is 16.1. The first-order valence-corrected chi connectivity index (χ1v) is 6.46. The summed E-state index contributed by atoms with van der Waals surface area (Å²) >= 11 is 0. The Bertz CT molecular complexity index is 227. The maximum atomic E-state index is 11.2. The zero-order chi connectivity index (χ0) is 13.6. The number of amides is 1. The number of nitrogens with zero attached hydrogens (tertiary/aromatic N) is 1. The number of hydrogen-bond acceptors (Lipinski definition) is 3. The van der Waals surface area contributed by atoms with Crippen LogP contribution in [0.4, 0.5) is 0 Å². The van der Waals surface area contributed by atoms with Gasteiger partial charge in [0.15, 0.2) is 0 Å². The fraction of sp³-hybridized carbons (Fsp3) is 0.923. The summed E-state index contributed by atoms with van der Waals surface area (Å²) in [6.45, 7) is 13.4. The van der Waals surface area contributed by atoms with Crippen molar-refractivity contribution in [2.75, 3.05) is 19.6 Å². The molecule has 4 N–H and O–H groups in total. The molecule has 0 aliphatic heterocycles. The van der Waals surface area contributed by atoms with Crippen molar-refractivity contribution in [3.63, 3.8) is 0 Å². The first-order valence-electron chi connectivity index (χ1n) is 6.46. The second kappa shape index (κ2) is 6.97. The molecule has 1 amide bonds. The minimum absolute atomic E-state index is 0.424. The van der Waals surface area contributed by atoms with Gasteiger partial charge in [-0.25, -0.2) is 0 Å². The largest absolute Gasteiger partial charge is 0.368 e. The molecule has 0 rings (SSSR count). The van der Waals surface area contributed by atoms with E-state index in [4.69, 9.17) is 11.5 Å². The third kappa shape index (κ3) is 7.34. The predicted molar refractivity (Wildman–Crippen MR) is 72.5 cm³/mol. The average Bonchev–Trinajstić information content (AvgIpc) is 2.12. The fourth-order valence-corrected chi connectivity index (χ4v) is 1.80. The lowest BCUT2D eigenvalue weighted by Gasteiger charge is -2.29. The summed E-state index contributed by atoms with van der Waals surface area (Å²) in [7, 11) is 0. The van der Waals surface area contributed by atoms with Crippen molar-refractivity contribution in [3.8, 4) is 0 Å². The van der Waals surface area contributed by atoms with E-state index in [1.54, 1.807) is 6.92 Å². The van der Waals surface area contributed by atoms with Crippen molar-refractivity contribution in [1.82, 2.24) is 4.90 Å². The SMILES string of the molecule is CC(C)CN(CCC(C)(N)C(N)=O)CC(C)C. The monoisotopic (exact) mass is 243 g/mol. The summed E-state index contributed by atoms with van der Waals surface area (Å²) in [6, 6.07) is 0. The maximum Gasteiger partial charge on any atom is 0.237 e. The molecule has 4 nitrogen and oxygen atoms in total. The van der Waals surface area contributed by atoms with Crippen LogP contribution in [0.3, 0.4) is 0 Å². The Kier molecular flexibility index (Phi) is 6.72. The van der Waals surface area contributed by atoms with Crippen LogP contribution in [0.2, 0.25) is 0 Å². The topological polar surface area (TPSA) is 72.3 Å². The minimum atomic E-state index is -0.897. The molecule has 0 radical (unpaired) electrons. The molecule has 0 aromatic carbocycles. The van der Waals surface area contributed by atoms with E-state index in [9.17, 15) is 4.79 Å². The van der Waals surface area contributed by atoms with Crippen molar-refractivity contribution in [1.29, 1.82) is 0 Å². The number of carbonyl (C=O) groups excluding carboxylic acids is 1. The maximum absolute atomic E-state index is 11.2. The summed E-state index contributed by atoms with van der Waals surface area (Å²) in [6.07, 6.45) is 0.613. The van der Waals surface area contributed by atoms with Crippen LogP contribution in [0.1, 0.15) is 41.0 Å². The van der Waals surface area contributed by atoms with Gasteiger partial charge < -0.3 is 16.4 Å². The summed E-state index contributed by atoms with van der Waals surface area (Å²) in [5.74, 6) is 0.810. The van der Waals surface area contributed by atoms with E-state index in [2.05, 4.69) is 32.6 Å². The molecule has 0 bridgehead atoms. The van der Waals surface area contributed by atoms with Gasteiger partial charge in [-0.15, -0.1) is 0 Å². The molecule has 1 atom stereocenters. The van der Waals surface area contributed by atoms with E-state index in [1.807, 2.05) is 0 Å². The van der Waals surface area contributed by atoms with E-state index in [1.165, 1.54) is 0 Å². The Labute approximate surface area is 106 Å². The van der Waals surface area contributed by atoms with Crippen LogP contribution in [-0.4, -0.2) is 36.0 Å². The lowest BCUT2D eigenvalue weighted by atomic mass is 9.98. The van der Waals surface area contributed by atoms with E-state index >= 15 is 0 Å². The molecule has 0 fully saturated rings. The molecule has 0 heterocycles. The molecule has 0 saturated carbocycles. The zero-order valence-electron chi connectivity index (χ0n) is 12.0. The van der Waals surface area contributed by atoms with Crippen LogP contribution < -0.4 is 11.5 Å². The molecular formula is C13H29N3O. The van der Waals surface area contributed by atoms with Gasteiger partial charge in [0.05, 0.1) is 5.54 Å². The number of primary amides is 1. The summed E-state index contributed by atoms with van der Waals surface area (Å²) in [5.41, 5.74) is 10.2. The molecule has 0 aromatic rings. The molecule has 1 unspecified atom stereocenters. The number of carbonyl (C=O) groups is 1. The Hall–Kier alpha value is -0.610. The summed E-state index contributed by atoms with van der Waals surface area (Å²) in [5, 5.41) is 0. The van der Waals surface area contributed by atoms with Crippen molar-refractivity contribution < 1.29 is 4.79 Å². The number of nitrogens with two attached hydrogens (primary N) is 2. The van der Waals surface area contributed by atoms with Crippen molar-refractivity contribution in [2.24, 2.45) is 23.3 Å². The first kappa shape index (κ1) is 16.4. The quantitative estimate of drug-likeness (QED) is 0.672. The summed E-state index contributed by atoms with van der Waals surface area (Å²) in [4.78, 5) is 13.5. The Morgan fingerprint density at radius 3 is 1.88 bits per heavy atom. The molecule has 0 aliphatic carbocycles. The van der Waals surface area contributed by atoms with Crippen LogP contribution >= 0.6 is 0 Å². The minimum Gasteiger partial charge on any atom is -0.368 e. The van der Waals surface area contributed by atoms with Gasteiger partial charge in [0.2, 0.25) is 5.91 Å². The van der Waals surface area contributed by atoms with Gasteiger partial charge in [-0.3, -0.25) is 4.79 Å². The van der Waals surface area contributed by atoms with E-state index in [0.29, 0.717) is 18.3 Å². The molecule has 0 saturated heterocycles. The first-order chi connectivity index (χ1) is 7.65. The van der Waals surface area contributed by atoms with Gasteiger partial charge in [0.25, 0.3) is 0 Å². The molecule has 0 spiro atoms. The number of hydrogen-bond donors (Lipinski definition) is 2. The molecule has 102 valence electrons. The molecule has 17 heavy (non-hydrogen) atoms. The molecule has 0 aliphatic rings. The van der Waals surface area contributed by atoms with Gasteiger partial charge >= 0.3 is 0 Å². The van der Waals surface area contributed by atoms with Crippen molar-refractivity contribution >= 4 is 5.91 Å². The van der Waals surface area contributed by atoms with Crippen LogP contribution in [0.5, 0.6) is 0 Å². The zero-order valence-corrected chi connectivity index (χ0v) is 12.0. The second-order valence-corrected chi connectivity index (χ2v) is 6.08. The summed E-state index contributed by atoms with van der Waals surface area (Å²) < 4.78 is 0. The predicted octanol–water partition coefficient (Wildman–Crippen LogP) is 1.19. The van der Waals surface area contributed by atoms with Crippen LogP contribution in [-0.2, 0) is 4.79 Å². The standard InChI is InChI=1S/C13H29N3O/c1-10(2)8-16(9-11(3)4)7-6-13(5,15)12(14)17/h10-11H,6-9,15H2,1-5H3,(H2,14,17).